The fourth-order valence-electron chi connectivity index (χ4n) is 4.83. The highest BCUT2D eigenvalue weighted by Crippen LogP contribution is 2.47. The van der Waals surface area contributed by atoms with E-state index in [0.717, 1.165) is 39.9 Å². The maximum Gasteiger partial charge on any atom is 0.271 e. The van der Waals surface area contributed by atoms with E-state index in [0.29, 0.717) is 0 Å². The Bertz CT molecular complexity index is 1420. The summed E-state index contributed by atoms with van der Waals surface area (Å²) in [5.74, 6) is 2.38. The predicted octanol–water partition coefficient (Wildman–Crippen LogP) is 5.48. The van der Waals surface area contributed by atoms with Crippen LogP contribution in [0.3, 0.4) is 0 Å². The number of rotatable bonds is 2. The number of allylic oxidation sites excluding steroid dienone is 2. The molecule has 0 N–H and O–H groups in total. The zero-order valence-corrected chi connectivity index (χ0v) is 20.6. The molecule has 1 saturated heterocycles. The minimum Gasteiger partial charge on any atom is -0.272 e. The summed E-state index contributed by atoms with van der Waals surface area (Å²) >= 11 is 5.50. The number of hydrogen-bond donors (Lipinski definition) is 0. The SMILES string of the molecule is O=c1/c(=C/c2ccccc2)sc2n1C(c1ccccc1)C1=C(N=2)C(=C2SCCCS2)CCC1. The number of hydrogen-bond acceptors (Lipinski definition) is 5. The van der Waals surface area contributed by atoms with Gasteiger partial charge in [-0.3, -0.25) is 9.36 Å². The predicted molar refractivity (Wildman–Crippen MR) is 141 cm³/mol. The highest BCUT2D eigenvalue weighted by atomic mass is 32.2. The summed E-state index contributed by atoms with van der Waals surface area (Å²) in [5.41, 5.74) is 6.14. The molecule has 1 fully saturated rings. The summed E-state index contributed by atoms with van der Waals surface area (Å²) in [4.78, 5) is 19.7. The first-order chi connectivity index (χ1) is 16.3. The third-order valence-electron chi connectivity index (χ3n) is 6.31. The summed E-state index contributed by atoms with van der Waals surface area (Å²) in [5, 5.41) is 0. The van der Waals surface area contributed by atoms with Gasteiger partial charge in [-0.25, -0.2) is 4.99 Å². The van der Waals surface area contributed by atoms with Crippen LogP contribution in [-0.4, -0.2) is 16.1 Å². The van der Waals surface area contributed by atoms with E-state index in [2.05, 4.69) is 24.3 Å². The van der Waals surface area contributed by atoms with Crippen molar-refractivity contribution in [2.45, 2.75) is 31.7 Å². The van der Waals surface area contributed by atoms with Gasteiger partial charge in [-0.05, 0) is 65.5 Å². The first kappa shape index (κ1) is 21.3. The van der Waals surface area contributed by atoms with Crippen LogP contribution in [0.1, 0.15) is 42.9 Å². The van der Waals surface area contributed by atoms with Gasteiger partial charge in [0.15, 0.2) is 4.80 Å². The summed E-state index contributed by atoms with van der Waals surface area (Å²) in [6, 6.07) is 20.5. The summed E-state index contributed by atoms with van der Waals surface area (Å²) in [6.07, 6.45) is 6.46. The van der Waals surface area contributed by atoms with Crippen molar-refractivity contribution in [2.24, 2.45) is 4.99 Å². The average Bonchev–Trinajstić information content (AvgIpc) is 3.18. The van der Waals surface area contributed by atoms with Crippen molar-refractivity contribution in [1.82, 2.24) is 4.57 Å². The van der Waals surface area contributed by atoms with Gasteiger partial charge in [0.2, 0.25) is 0 Å². The first-order valence-corrected chi connectivity index (χ1v) is 14.2. The number of thiazole rings is 1. The molecule has 2 aliphatic heterocycles. The fraction of sp³-hybridized carbons (Fsp3) is 0.259. The Balaban J connectivity index is 1.60. The molecule has 6 rings (SSSR count). The maximum atomic E-state index is 13.7. The Morgan fingerprint density at radius 3 is 2.39 bits per heavy atom. The second-order valence-corrected chi connectivity index (χ2v) is 11.9. The third kappa shape index (κ3) is 3.98. The van der Waals surface area contributed by atoms with Crippen LogP contribution in [-0.2, 0) is 0 Å². The molecule has 33 heavy (non-hydrogen) atoms. The molecule has 1 unspecified atom stereocenters. The van der Waals surface area contributed by atoms with Crippen LogP contribution in [0.2, 0.25) is 0 Å². The highest BCUT2D eigenvalue weighted by molar-refractivity contribution is 8.22. The Hall–Kier alpha value is -2.28. The normalized spacial score (nSPS) is 21.0. The van der Waals surface area contributed by atoms with Crippen molar-refractivity contribution < 1.29 is 0 Å². The summed E-state index contributed by atoms with van der Waals surface area (Å²) in [7, 11) is 0. The molecule has 3 aromatic rings. The number of benzene rings is 2. The molecule has 0 spiro atoms. The van der Waals surface area contributed by atoms with E-state index in [1.807, 2.05) is 70.6 Å². The smallest absolute Gasteiger partial charge is 0.271 e. The molecule has 0 amide bonds. The molecule has 0 bridgehead atoms. The average molecular weight is 489 g/mol. The van der Waals surface area contributed by atoms with Crippen LogP contribution in [0.4, 0.5) is 0 Å². The lowest BCUT2D eigenvalue weighted by molar-refractivity contribution is 0.553. The highest BCUT2D eigenvalue weighted by Gasteiger charge is 2.33. The summed E-state index contributed by atoms with van der Waals surface area (Å²) < 4.78 is 4.14. The first-order valence-electron chi connectivity index (χ1n) is 11.4. The molecule has 2 aromatic carbocycles. The van der Waals surface area contributed by atoms with Crippen molar-refractivity contribution in [2.75, 3.05) is 11.5 Å². The zero-order chi connectivity index (χ0) is 22.2. The van der Waals surface area contributed by atoms with Crippen LogP contribution < -0.4 is 14.9 Å². The second kappa shape index (κ2) is 9.16. The Kier molecular flexibility index (Phi) is 5.91. The van der Waals surface area contributed by atoms with Crippen LogP contribution >= 0.6 is 34.9 Å². The van der Waals surface area contributed by atoms with Crippen LogP contribution in [0.25, 0.3) is 6.08 Å². The molecule has 0 radical (unpaired) electrons. The van der Waals surface area contributed by atoms with Gasteiger partial charge in [0.05, 0.1) is 16.3 Å². The van der Waals surface area contributed by atoms with E-state index >= 15 is 0 Å². The number of fused-ring (bicyclic) bond motifs is 1. The molecule has 1 aliphatic carbocycles. The lowest BCUT2D eigenvalue weighted by atomic mass is 9.85. The van der Waals surface area contributed by atoms with Gasteiger partial charge >= 0.3 is 0 Å². The standard InChI is InChI=1S/C27H24N2OS3/c30-25-22(17-18-9-3-1-4-10-18)33-27-28-23-20(24(29(25)27)19-11-5-2-6-12-19)13-7-14-21(23)26-31-15-8-16-32-26/h1-6,9-12,17,24H,7-8,13-16H2/b22-17-. The quantitative estimate of drug-likeness (QED) is 0.479. The molecular formula is C27H24N2OS3. The van der Waals surface area contributed by atoms with Crippen molar-refractivity contribution in [3.8, 4) is 0 Å². The molecule has 3 heterocycles. The van der Waals surface area contributed by atoms with Crippen LogP contribution in [0.5, 0.6) is 0 Å². The van der Waals surface area contributed by atoms with Crippen LogP contribution in [0, 0.1) is 0 Å². The van der Waals surface area contributed by atoms with Gasteiger partial charge < -0.3 is 0 Å². The van der Waals surface area contributed by atoms with Gasteiger partial charge in [-0.1, -0.05) is 72.0 Å². The number of nitrogens with zero attached hydrogens (tertiary/aromatic N) is 2. The minimum absolute atomic E-state index is 0.0594. The summed E-state index contributed by atoms with van der Waals surface area (Å²) in [6.45, 7) is 0. The zero-order valence-electron chi connectivity index (χ0n) is 18.2. The Morgan fingerprint density at radius 1 is 0.909 bits per heavy atom. The van der Waals surface area contributed by atoms with Gasteiger partial charge in [0.1, 0.15) is 0 Å². The van der Waals surface area contributed by atoms with Crippen molar-refractivity contribution in [1.29, 1.82) is 0 Å². The van der Waals surface area contributed by atoms with E-state index in [4.69, 9.17) is 4.99 Å². The van der Waals surface area contributed by atoms with E-state index in [1.54, 1.807) is 0 Å². The van der Waals surface area contributed by atoms with Gasteiger partial charge in [-0.2, -0.15) is 0 Å². The lowest BCUT2D eigenvalue weighted by Crippen LogP contribution is -2.39. The van der Waals surface area contributed by atoms with Gasteiger partial charge in [0, 0.05) is 4.24 Å². The third-order valence-corrected chi connectivity index (χ3v) is 10.0. The fourth-order valence-corrected chi connectivity index (χ4v) is 8.54. The molecule has 6 heteroatoms. The van der Waals surface area contributed by atoms with E-state index < -0.39 is 0 Å². The van der Waals surface area contributed by atoms with Gasteiger partial charge in [-0.15, -0.1) is 23.5 Å². The molecule has 1 atom stereocenters. The molecule has 1 aromatic heterocycles. The van der Waals surface area contributed by atoms with E-state index in [1.165, 1.54) is 50.2 Å². The Morgan fingerprint density at radius 2 is 1.64 bits per heavy atom. The van der Waals surface area contributed by atoms with Crippen molar-refractivity contribution in [3.63, 3.8) is 0 Å². The molecule has 166 valence electrons. The molecule has 3 aliphatic rings. The largest absolute Gasteiger partial charge is 0.272 e. The lowest BCUT2D eigenvalue weighted by Gasteiger charge is -2.32. The number of aromatic nitrogens is 1. The maximum absolute atomic E-state index is 13.7. The number of thioether (sulfide) groups is 2. The van der Waals surface area contributed by atoms with E-state index in [-0.39, 0.29) is 11.6 Å². The molecule has 0 saturated carbocycles. The van der Waals surface area contributed by atoms with Gasteiger partial charge in [0.25, 0.3) is 5.56 Å². The Labute approximate surface area is 205 Å². The molecular weight excluding hydrogens is 465 g/mol. The topological polar surface area (TPSA) is 34.4 Å². The second-order valence-electron chi connectivity index (χ2n) is 8.45. The monoisotopic (exact) mass is 488 g/mol. The van der Waals surface area contributed by atoms with Crippen LogP contribution in [0.15, 0.2) is 91.5 Å². The molecule has 3 nitrogen and oxygen atoms in total. The minimum atomic E-state index is -0.0788. The van der Waals surface area contributed by atoms with Crippen molar-refractivity contribution >= 4 is 40.9 Å². The van der Waals surface area contributed by atoms with E-state index in [9.17, 15) is 4.79 Å². The van der Waals surface area contributed by atoms with Crippen molar-refractivity contribution in [3.05, 3.63) is 113 Å².